The van der Waals surface area contributed by atoms with E-state index in [0.717, 1.165) is 19.3 Å². The first-order valence-corrected chi connectivity index (χ1v) is 4.20. The number of hydrogen-bond donors (Lipinski definition) is 1. The zero-order valence-corrected chi connectivity index (χ0v) is 6.12. The van der Waals surface area contributed by atoms with Crippen molar-refractivity contribution in [2.24, 2.45) is 0 Å². The first-order valence-electron chi connectivity index (χ1n) is 4.20. The molecule has 0 saturated carbocycles. The maximum Gasteiger partial charge on any atom is 0.0837 e. The van der Waals surface area contributed by atoms with Crippen molar-refractivity contribution in [1.29, 1.82) is 0 Å². The van der Waals surface area contributed by atoms with Gasteiger partial charge in [-0.3, -0.25) is 0 Å². The minimum Gasteiger partial charge on any atom is -0.390 e. The van der Waals surface area contributed by atoms with Gasteiger partial charge in [-0.05, 0) is 32.1 Å². The third kappa shape index (κ3) is 1.06. The fourth-order valence-electron chi connectivity index (χ4n) is 1.97. The van der Waals surface area contributed by atoms with E-state index in [4.69, 9.17) is 4.74 Å². The van der Waals surface area contributed by atoms with Gasteiger partial charge < -0.3 is 9.84 Å². The monoisotopic (exact) mass is 142 g/mol. The van der Waals surface area contributed by atoms with Crippen molar-refractivity contribution in [3.8, 4) is 0 Å². The molecule has 2 saturated heterocycles. The molecule has 0 radical (unpaired) electrons. The summed E-state index contributed by atoms with van der Waals surface area (Å²) in [7, 11) is 0. The van der Waals surface area contributed by atoms with E-state index in [2.05, 4.69) is 0 Å². The highest BCUT2D eigenvalue weighted by Gasteiger charge is 2.32. The SMILES string of the molecule is O[C@H]1CC[C@@H]2CCC[C@H]1O2. The molecule has 2 rings (SSSR count). The van der Waals surface area contributed by atoms with Gasteiger partial charge in [0, 0.05) is 0 Å². The maximum absolute atomic E-state index is 9.40. The molecule has 2 bridgehead atoms. The summed E-state index contributed by atoms with van der Waals surface area (Å²) in [5.74, 6) is 0. The minimum atomic E-state index is -0.170. The lowest BCUT2D eigenvalue weighted by Crippen LogP contribution is -2.41. The lowest BCUT2D eigenvalue weighted by Gasteiger charge is -2.38. The van der Waals surface area contributed by atoms with Crippen LogP contribution in [0.5, 0.6) is 0 Å². The van der Waals surface area contributed by atoms with Crippen molar-refractivity contribution >= 4 is 0 Å². The Kier molecular flexibility index (Phi) is 1.66. The Morgan fingerprint density at radius 3 is 2.80 bits per heavy atom. The fraction of sp³-hybridized carbons (Fsp3) is 1.00. The van der Waals surface area contributed by atoms with Gasteiger partial charge in [0.15, 0.2) is 0 Å². The largest absolute Gasteiger partial charge is 0.390 e. The second kappa shape index (κ2) is 2.51. The molecular formula is C8H14O2. The predicted octanol–water partition coefficient (Wildman–Crippen LogP) is 1.08. The van der Waals surface area contributed by atoms with Gasteiger partial charge in [-0.25, -0.2) is 0 Å². The summed E-state index contributed by atoms with van der Waals surface area (Å²) in [4.78, 5) is 0. The normalized spacial score (nSPS) is 47.1. The summed E-state index contributed by atoms with van der Waals surface area (Å²) in [5, 5.41) is 9.40. The molecule has 0 aromatic carbocycles. The van der Waals surface area contributed by atoms with Crippen LogP contribution in [0.1, 0.15) is 32.1 Å². The van der Waals surface area contributed by atoms with Gasteiger partial charge in [0.1, 0.15) is 0 Å². The van der Waals surface area contributed by atoms with Crippen molar-refractivity contribution in [3.63, 3.8) is 0 Å². The van der Waals surface area contributed by atoms with Gasteiger partial charge >= 0.3 is 0 Å². The molecule has 2 aliphatic heterocycles. The van der Waals surface area contributed by atoms with Crippen molar-refractivity contribution in [2.75, 3.05) is 0 Å². The first-order chi connectivity index (χ1) is 4.86. The molecule has 2 heterocycles. The lowest BCUT2D eigenvalue weighted by atomic mass is 9.90. The molecule has 0 spiro atoms. The summed E-state index contributed by atoms with van der Waals surface area (Å²) in [6.45, 7) is 0. The Balaban J connectivity index is 2.00. The van der Waals surface area contributed by atoms with E-state index in [-0.39, 0.29) is 12.2 Å². The molecule has 2 aliphatic rings. The van der Waals surface area contributed by atoms with Gasteiger partial charge in [0.25, 0.3) is 0 Å². The minimum absolute atomic E-state index is 0.170. The van der Waals surface area contributed by atoms with Crippen LogP contribution >= 0.6 is 0 Å². The fourth-order valence-corrected chi connectivity index (χ4v) is 1.97. The van der Waals surface area contributed by atoms with E-state index < -0.39 is 0 Å². The van der Waals surface area contributed by atoms with Crippen molar-refractivity contribution in [2.45, 2.75) is 50.4 Å². The first kappa shape index (κ1) is 6.62. The van der Waals surface area contributed by atoms with Gasteiger partial charge in [0.05, 0.1) is 18.3 Å². The van der Waals surface area contributed by atoms with E-state index in [9.17, 15) is 5.11 Å². The Morgan fingerprint density at radius 1 is 1.10 bits per heavy atom. The molecule has 0 aromatic rings. The molecule has 2 heteroatoms. The molecule has 3 atom stereocenters. The van der Waals surface area contributed by atoms with E-state index in [1.807, 2.05) is 0 Å². The van der Waals surface area contributed by atoms with Gasteiger partial charge in [-0.2, -0.15) is 0 Å². The molecule has 58 valence electrons. The molecule has 10 heavy (non-hydrogen) atoms. The van der Waals surface area contributed by atoms with Crippen molar-refractivity contribution in [1.82, 2.24) is 0 Å². The van der Waals surface area contributed by atoms with Crippen LogP contribution < -0.4 is 0 Å². The van der Waals surface area contributed by atoms with Gasteiger partial charge in [-0.1, -0.05) is 0 Å². The Bertz CT molecular complexity index is 122. The predicted molar refractivity (Wildman–Crippen MR) is 37.8 cm³/mol. The van der Waals surface area contributed by atoms with E-state index >= 15 is 0 Å². The molecule has 2 nitrogen and oxygen atoms in total. The Hall–Kier alpha value is -0.0800. The number of ether oxygens (including phenoxy) is 1. The molecular weight excluding hydrogens is 128 g/mol. The van der Waals surface area contributed by atoms with Gasteiger partial charge in [0.2, 0.25) is 0 Å². The number of hydrogen-bond acceptors (Lipinski definition) is 2. The molecule has 0 amide bonds. The highest BCUT2D eigenvalue weighted by Crippen LogP contribution is 2.30. The average molecular weight is 142 g/mol. The van der Waals surface area contributed by atoms with Crippen molar-refractivity contribution in [3.05, 3.63) is 0 Å². The van der Waals surface area contributed by atoms with E-state index in [0.29, 0.717) is 6.10 Å². The Morgan fingerprint density at radius 2 is 2.00 bits per heavy atom. The summed E-state index contributed by atoms with van der Waals surface area (Å²) in [5.41, 5.74) is 0. The van der Waals surface area contributed by atoms with Crippen LogP contribution in [-0.4, -0.2) is 23.4 Å². The second-order valence-electron chi connectivity index (χ2n) is 3.37. The lowest BCUT2D eigenvalue weighted by molar-refractivity contribution is -0.142. The highest BCUT2D eigenvalue weighted by molar-refractivity contribution is 4.82. The molecule has 1 N–H and O–H groups in total. The zero-order valence-electron chi connectivity index (χ0n) is 6.12. The number of fused-ring (bicyclic) bond motifs is 2. The van der Waals surface area contributed by atoms with Crippen LogP contribution in [0.25, 0.3) is 0 Å². The van der Waals surface area contributed by atoms with Crippen LogP contribution in [0.15, 0.2) is 0 Å². The smallest absolute Gasteiger partial charge is 0.0837 e. The summed E-state index contributed by atoms with van der Waals surface area (Å²) in [6, 6.07) is 0. The molecule has 0 unspecified atom stereocenters. The third-order valence-corrected chi connectivity index (χ3v) is 2.60. The Labute approximate surface area is 61.2 Å². The molecule has 0 aromatic heterocycles. The summed E-state index contributed by atoms with van der Waals surface area (Å²) in [6.07, 6.45) is 6.02. The van der Waals surface area contributed by atoms with E-state index in [1.54, 1.807) is 0 Å². The quantitative estimate of drug-likeness (QED) is 0.548. The van der Waals surface area contributed by atoms with Crippen LogP contribution in [-0.2, 0) is 4.74 Å². The topological polar surface area (TPSA) is 29.5 Å². The third-order valence-electron chi connectivity index (χ3n) is 2.60. The van der Waals surface area contributed by atoms with Crippen LogP contribution in [0.3, 0.4) is 0 Å². The standard InChI is InChI=1S/C8H14O2/c9-7-5-4-6-2-1-3-8(7)10-6/h6-9H,1-5H2/t6-,7-,8+/m0/s1. The van der Waals surface area contributed by atoms with E-state index in [1.165, 1.54) is 12.8 Å². The maximum atomic E-state index is 9.40. The van der Waals surface area contributed by atoms with Crippen LogP contribution in [0.2, 0.25) is 0 Å². The van der Waals surface area contributed by atoms with Crippen molar-refractivity contribution < 1.29 is 9.84 Å². The highest BCUT2D eigenvalue weighted by atomic mass is 16.5. The average Bonchev–Trinajstić information content (AvgIpc) is 1.99. The van der Waals surface area contributed by atoms with Crippen LogP contribution in [0, 0.1) is 0 Å². The molecule has 2 fully saturated rings. The summed E-state index contributed by atoms with van der Waals surface area (Å²) < 4.78 is 5.58. The van der Waals surface area contributed by atoms with Crippen LogP contribution in [0.4, 0.5) is 0 Å². The number of aliphatic hydroxyl groups excluding tert-OH is 1. The summed E-state index contributed by atoms with van der Waals surface area (Å²) >= 11 is 0. The number of aliphatic hydroxyl groups is 1. The van der Waals surface area contributed by atoms with Gasteiger partial charge in [-0.15, -0.1) is 0 Å². The molecule has 0 aliphatic carbocycles. The number of rotatable bonds is 0. The zero-order chi connectivity index (χ0) is 6.97. The second-order valence-corrected chi connectivity index (χ2v) is 3.37.